The van der Waals surface area contributed by atoms with Gasteiger partial charge in [-0.1, -0.05) is 23.7 Å². The lowest BCUT2D eigenvalue weighted by Crippen LogP contribution is -1.99. The Morgan fingerprint density at radius 2 is 2.00 bits per heavy atom. The van der Waals surface area contributed by atoms with E-state index in [0.29, 0.717) is 22.4 Å². The predicted octanol–water partition coefficient (Wildman–Crippen LogP) is 3.92. The number of aliphatic imine (C=N–C) groups is 1. The second kappa shape index (κ2) is 4.98. The Labute approximate surface area is 120 Å². The van der Waals surface area contributed by atoms with Gasteiger partial charge in [-0.15, -0.1) is 0 Å². The minimum absolute atomic E-state index is 0.225. The highest BCUT2D eigenvalue weighted by Gasteiger charge is 2.20. The molecule has 0 fully saturated rings. The summed E-state index contributed by atoms with van der Waals surface area (Å²) in [5, 5.41) is 0.607. The number of hydrogen-bond acceptors (Lipinski definition) is 4. The number of carbonyl (C=O) groups excluding carboxylic acids is 1. The molecule has 4 nitrogen and oxygen atoms in total. The molecule has 2 aromatic rings. The molecule has 0 amide bonds. The van der Waals surface area contributed by atoms with Crippen molar-refractivity contribution in [2.45, 2.75) is 6.92 Å². The lowest BCUT2D eigenvalue weighted by Gasteiger charge is -1.98. The highest BCUT2D eigenvalue weighted by atomic mass is 35.5. The molecule has 3 rings (SSSR count). The molecule has 20 heavy (non-hydrogen) atoms. The Bertz CT molecular complexity index is 743. The van der Waals surface area contributed by atoms with Crippen molar-refractivity contribution >= 4 is 29.5 Å². The minimum atomic E-state index is -0.474. The van der Waals surface area contributed by atoms with E-state index in [1.807, 2.05) is 18.2 Å². The molecule has 0 aliphatic carbocycles. The Hall–Kier alpha value is -2.33. The second-order valence-electron chi connectivity index (χ2n) is 4.23. The van der Waals surface area contributed by atoms with E-state index in [0.717, 1.165) is 5.56 Å². The maximum absolute atomic E-state index is 11.5. The van der Waals surface area contributed by atoms with Crippen molar-refractivity contribution < 1.29 is 13.9 Å². The number of hydrogen-bond donors (Lipinski definition) is 0. The van der Waals surface area contributed by atoms with Crippen LogP contribution in [0.3, 0.4) is 0 Å². The van der Waals surface area contributed by atoms with E-state index in [2.05, 4.69) is 4.99 Å². The summed E-state index contributed by atoms with van der Waals surface area (Å²) in [6.45, 7) is 1.62. The van der Waals surface area contributed by atoms with Gasteiger partial charge < -0.3 is 9.15 Å². The molecule has 0 spiro atoms. The van der Waals surface area contributed by atoms with Crippen molar-refractivity contribution in [3.05, 3.63) is 52.9 Å². The summed E-state index contributed by atoms with van der Waals surface area (Å²) in [5.74, 6) is 1.01. The number of furan rings is 1. The molecule has 0 unspecified atom stereocenters. The van der Waals surface area contributed by atoms with Gasteiger partial charge in [-0.2, -0.15) is 0 Å². The van der Waals surface area contributed by atoms with E-state index in [1.54, 1.807) is 31.2 Å². The largest absolute Gasteiger partial charge is 0.457 e. The molecule has 0 atom stereocenters. The maximum Gasteiger partial charge on any atom is 0.363 e. The summed E-state index contributed by atoms with van der Waals surface area (Å²) < 4.78 is 10.5. The zero-order valence-corrected chi connectivity index (χ0v) is 11.3. The molecule has 0 radical (unpaired) electrons. The molecule has 1 aliphatic rings. The highest BCUT2D eigenvalue weighted by Crippen LogP contribution is 2.30. The van der Waals surface area contributed by atoms with E-state index in [9.17, 15) is 4.79 Å². The fourth-order valence-electron chi connectivity index (χ4n) is 1.89. The first kappa shape index (κ1) is 12.7. The Kier molecular flexibility index (Phi) is 3.16. The number of esters is 1. The van der Waals surface area contributed by atoms with E-state index in [1.165, 1.54) is 0 Å². The fraction of sp³-hybridized carbons (Fsp3) is 0.0667. The number of ether oxygens (including phenoxy) is 1. The monoisotopic (exact) mass is 287 g/mol. The van der Waals surface area contributed by atoms with Gasteiger partial charge in [0.15, 0.2) is 11.6 Å². The SMILES string of the molecule is CC1=NC(=Cc2ccc(-c3ccccc3Cl)o2)C(=O)O1. The average Bonchev–Trinajstić information content (AvgIpc) is 2.98. The van der Waals surface area contributed by atoms with Gasteiger partial charge in [-0.05, 0) is 24.3 Å². The van der Waals surface area contributed by atoms with Crippen LogP contribution in [-0.2, 0) is 9.53 Å². The van der Waals surface area contributed by atoms with Crippen molar-refractivity contribution in [1.82, 2.24) is 0 Å². The van der Waals surface area contributed by atoms with E-state index >= 15 is 0 Å². The Morgan fingerprint density at radius 3 is 2.70 bits per heavy atom. The van der Waals surface area contributed by atoms with Gasteiger partial charge in [0.25, 0.3) is 0 Å². The summed E-state index contributed by atoms with van der Waals surface area (Å²) >= 11 is 6.11. The molecule has 100 valence electrons. The molecule has 0 saturated heterocycles. The number of benzene rings is 1. The zero-order chi connectivity index (χ0) is 14.1. The van der Waals surface area contributed by atoms with Gasteiger partial charge >= 0.3 is 5.97 Å². The van der Waals surface area contributed by atoms with Crippen LogP contribution in [0.4, 0.5) is 0 Å². The van der Waals surface area contributed by atoms with Crippen molar-refractivity contribution in [2.24, 2.45) is 4.99 Å². The zero-order valence-electron chi connectivity index (χ0n) is 10.6. The topological polar surface area (TPSA) is 51.8 Å². The molecule has 0 saturated carbocycles. The lowest BCUT2D eigenvalue weighted by molar-refractivity contribution is -0.130. The highest BCUT2D eigenvalue weighted by molar-refractivity contribution is 6.33. The molecule has 5 heteroatoms. The number of halogens is 1. The third-order valence-electron chi connectivity index (χ3n) is 2.77. The van der Waals surface area contributed by atoms with Crippen LogP contribution in [0.5, 0.6) is 0 Å². The van der Waals surface area contributed by atoms with E-state index in [4.69, 9.17) is 20.8 Å². The standard InChI is InChI=1S/C15H10ClNO3/c1-9-17-13(15(18)19-9)8-10-6-7-14(20-10)11-4-2-3-5-12(11)16/h2-8H,1H3. The molecule has 1 aromatic heterocycles. The van der Waals surface area contributed by atoms with E-state index < -0.39 is 5.97 Å². The first-order valence-corrected chi connectivity index (χ1v) is 6.35. The lowest BCUT2D eigenvalue weighted by atomic mass is 10.2. The van der Waals surface area contributed by atoms with Crippen LogP contribution in [0, 0.1) is 0 Å². The van der Waals surface area contributed by atoms with Crippen molar-refractivity contribution in [2.75, 3.05) is 0 Å². The van der Waals surface area contributed by atoms with Crippen LogP contribution < -0.4 is 0 Å². The third kappa shape index (κ3) is 2.38. The minimum Gasteiger partial charge on any atom is -0.457 e. The summed E-state index contributed by atoms with van der Waals surface area (Å²) in [4.78, 5) is 15.4. The van der Waals surface area contributed by atoms with Crippen LogP contribution in [0.2, 0.25) is 5.02 Å². The van der Waals surface area contributed by atoms with Crippen LogP contribution in [0.1, 0.15) is 12.7 Å². The molecule has 1 aliphatic heterocycles. The van der Waals surface area contributed by atoms with Crippen molar-refractivity contribution in [3.63, 3.8) is 0 Å². The normalized spacial score (nSPS) is 16.4. The summed E-state index contributed by atoms with van der Waals surface area (Å²) in [6, 6.07) is 10.9. The van der Waals surface area contributed by atoms with Gasteiger partial charge in [0, 0.05) is 18.6 Å². The van der Waals surface area contributed by atoms with Crippen molar-refractivity contribution in [3.8, 4) is 11.3 Å². The van der Waals surface area contributed by atoms with Gasteiger partial charge in [0.2, 0.25) is 0 Å². The first-order chi connectivity index (χ1) is 9.63. The van der Waals surface area contributed by atoms with Gasteiger partial charge in [-0.3, -0.25) is 0 Å². The van der Waals surface area contributed by atoms with Crippen LogP contribution in [0.25, 0.3) is 17.4 Å². The molecule has 0 N–H and O–H groups in total. The molecule has 2 heterocycles. The smallest absolute Gasteiger partial charge is 0.363 e. The Morgan fingerprint density at radius 1 is 1.20 bits per heavy atom. The molecule has 1 aromatic carbocycles. The number of nitrogens with zero attached hydrogens (tertiary/aromatic N) is 1. The molecular formula is C15H10ClNO3. The summed E-state index contributed by atoms with van der Waals surface area (Å²) in [7, 11) is 0. The first-order valence-electron chi connectivity index (χ1n) is 5.97. The average molecular weight is 288 g/mol. The Balaban J connectivity index is 1.94. The van der Waals surface area contributed by atoms with Gasteiger partial charge in [0.05, 0.1) is 5.02 Å². The van der Waals surface area contributed by atoms with Gasteiger partial charge in [0.1, 0.15) is 11.5 Å². The van der Waals surface area contributed by atoms with Crippen LogP contribution >= 0.6 is 11.6 Å². The number of cyclic esters (lactones) is 1. The van der Waals surface area contributed by atoms with E-state index in [-0.39, 0.29) is 5.70 Å². The molecule has 0 bridgehead atoms. The van der Waals surface area contributed by atoms with Gasteiger partial charge in [-0.25, -0.2) is 9.79 Å². The maximum atomic E-state index is 11.5. The summed E-state index contributed by atoms with van der Waals surface area (Å²) in [6.07, 6.45) is 1.54. The number of carbonyl (C=O) groups is 1. The number of rotatable bonds is 2. The molecular weight excluding hydrogens is 278 g/mol. The third-order valence-corrected chi connectivity index (χ3v) is 3.10. The predicted molar refractivity (Wildman–Crippen MR) is 76.3 cm³/mol. The van der Waals surface area contributed by atoms with Crippen molar-refractivity contribution in [1.29, 1.82) is 0 Å². The van der Waals surface area contributed by atoms with Crippen LogP contribution in [-0.4, -0.2) is 11.9 Å². The summed E-state index contributed by atoms with van der Waals surface area (Å²) in [5.41, 5.74) is 1.02. The van der Waals surface area contributed by atoms with Crippen LogP contribution in [0.15, 0.2) is 51.5 Å². The second-order valence-corrected chi connectivity index (χ2v) is 4.64. The quantitative estimate of drug-likeness (QED) is 0.621. The fourth-order valence-corrected chi connectivity index (χ4v) is 2.12.